The third-order valence-corrected chi connectivity index (χ3v) is 4.89. The molecule has 2 aliphatic carbocycles. The lowest BCUT2D eigenvalue weighted by Crippen LogP contribution is -2.50. The molecule has 0 heterocycles. The number of halogens is 1. The summed E-state index contributed by atoms with van der Waals surface area (Å²) in [5.74, 6) is 0.421. The number of nitrogens with one attached hydrogen (secondary N) is 1. The van der Waals surface area contributed by atoms with E-state index in [1.54, 1.807) is 0 Å². The normalized spacial score (nSPS) is 21.9. The maximum Gasteiger partial charge on any atom is 0.230 e. The highest BCUT2D eigenvalue weighted by Crippen LogP contribution is 2.44. The summed E-state index contributed by atoms with van der Waals surface area (Å²) in [5.41, 5.74) is 0.559. The molecule has 1 aromatic rings. The zero-order valence-corrected chi connectivity index (χ0v) is 12.2. The largest absolute Gasteiger partial charge is 0.391 e. The van der Waals surface area contributed by atoms with Gasteiger partial charge < -0.3 is 10.4 Å². The van der Waals surface area contributed by atoms with Crippen LogP contribution >= 0.6 is 11.6 Å². The van der Waals surface area contributed by atoms with Gasteiger partial charge in [0.25, 0.3) is 0 Å². The molecule has 0 aliphatic heterocycles. The Labute approximate surface area is 124 Å². The minimum absolute atomic E-state index is 0.0331. The third kappa shape index (κ3) is 2.57. The van der Waals surface area contributed by atoms with Crippen LogP contribution in [0.5, 0.6) is 0 Å². The van der Waals surface area contributed by atoms with Crippen LogP contribution in [0.2, 0.25) is 5.02 Å². The Hall–Kier alpha value is -1.06. The Morgan fingerprint density at radius 1 is 1.45 bits per heavy atom. The van der Waals surface area contributed by atoms with Crippen LogP contribution in [-0.4, -0.2) is 23.7 Å². The summed E-state index contributed by atoms with van der Waals surface area (Å²) >= 11 is 6.04. The van der Waals surface area contributed by atoms with Gasteiger partial charge >= 0.3 is 0 Å². The molecule has 0 spiro atoms. The third-order valence-electron chi connectivity index (χ3n) is 4.66. The van der Waals surface area contributed by atoms with Crippen molar-refractivity contribution in [3.8, 4) is 0 Å². The van der Waals surface area contributed by atoms with Crippen LogP contribution in [0.4, 0.5) is 0 Å². The van der Waals surface area contributed by atoms with Gasteiger partial charge in [0.2, 0.25) is 5.91 Å². The van der Waals surface area contributed by atoms with Crippen molar-refractivity contribution in [1.82, 2.24) is 5.32 Å². The highest BCUT2D eigenvalue weighted by Gasteiger charge is 2.45. The second kappa shape index (κ2) is 5.38. The monoisotopic (exact) mass is 293 g/mol. The molecule has 3 nitrogen and oxygen atoms in total. The smallest absolute Gasteiger partial charge is 0.230 e. The number of amides is 1. The number of hydrogen-bond donors (Lipinski definition) is 2. The Balaban J connectivity index is 1.69. The zero-order valence-electron chi connectivity index (χ0n) is 11.4. The Morgan fingerprint density at radius 3 is 2.75 bits per heavy atom. The SMILES string of the molecule is O=C(NCC(O)C1CC1)C1(c2cccc(Cl)c2)CCC1. The molecule has 1 unspecified atom stereocenters. The molecule has 3 rings (SSSR count). The Bertz CT molecular complexity index is 509. The molecule has 0 bridgehead atoms. The summed E-state index contributed by atoms with van der Waals surface area (Å²) < 4.78 is 0. The van der Waals surface area contributed by atoms with Crippen molar-refractivity contribution in [3.63, 3.8) is 0 Å². The van der Waals surface area contributed by atoms with Gasteiger partial charge in [-0.1, -0.05) is 30.2 Å². The lowest BCUT2D eigenvalue weighted by molar-refractivity contribution is -0.130. The van der Waals surface area contributed by atoms with Crippen molar-refractivity contribution in [1.29, 1.82) is 0 Å². The fourth-order valence-corrected chi connectivity index (χ4v) is 3.17. The minimum Gasteiger partial charge on any atom is -0.391 e. The average Bonchev–Trinajstić information content (AvgIpc) is 3.19. The lowest BCUT2D eigenvalue weighted by Gasteiger charge is -2.41. The summed E-state index contributed by atoms with van der Waals surface area (Å²) in [5, 5.41) is 13.5. The number of carbonyl (C=O) groups is 1. The van der Waals surface area contributed by atoms with E-state index in [9.17, 15) is 9.90 Å². The van der Waals surface area contributed by atoms with E-state index in [4.69, 9.17) is 11.6 Å². The molecule has 4 heteroatoms. The summed E-state index contributed by atoms with van der Waals surface area (Å²) in [6.07, 6.45) is 4.55. The molecular weight excluding hydrogens is 274 g/mol. The molecule has 2 aliphatic rings. The van der Waals surface area contributed by atoms with E-state index in [1.165, 1.54) is 0 Å². The summed E-state index contributed by atoms with van der Waals surface area (Å²) in [6.45, 7) is 0.367. The predicted molar refractivity (Wildman–Crippen MR) is 78.7 cm³/mol. The first kappa shape index (κ1) is 13.9. The fourth-order valence-electron chi connectivity index (χ4n) is 2.98. The van der Waals surface area contributed by atoms with E-state index >= 15 is 0 Å². The molecule has 20 heavy (non-hydrogen) atoms. The van der Waals surface area contributed by atoms with Crippen molar-refractivity contribution in [2.75, 3.05) is 6.54 Å². The van der Waals surface area contributed by atoms with E-state index < -0.39 is 11.5 Å². The van der Waals surface area contributed by atoms with Gasteiger partial charge in [-0.05, 0) is 49.3 Å². The van der Waals surface area contributed by atoms with Crippen LogP contribution in [0.3, 0.4) is 0 Å². The first-order chi connectivity index (χ1) is 9.62. The summed E-state index contributed by atoms with van der Waals surface area (Å²) in [6, 6.07) is 7.58. The second-order valence-corrected chi connectivity index (χ2v) is 6.50. The molecule has 2 N–H and O–H groups in total. The van der Waals surface area contributed by atoms with E-state index in [0.29, 0.717) is 17.5 Å². The van der Waals surface area contributed by atoms with Crippen molar-refractivity contribution in [2.45, 2.75) is 43.6 Å². The number of benzene rings is 1. The highest BCUT2D eigenvalue weighted by molar-refractivity contribution is 6.30. The molecule has 2 saturated carbocycles. The molecule has 0 aromatic heterocycles. The Morgan fingerprint density at radius 2 is 2.20 bits per heavy atom. The molecule has 0 saturated heterocycles. The lowest BCUT2D eigenvalue weighted by atomic mass is 9.64. The standard InChI is InChI=1S/C16H20ClNO2/c17-13-4-1-3-12(9-13)16(7-2-8-16)15(20)18-10-14(19)11-5-6-11/h1,3-4,9,11,14,19H,2,5-8,10H2,(H,18,20). The molecule has 0 radical (unpaired) electrons. The predicted octanol–water partition coefficient (Wildman–Crippen LogP) is 2.65. The van der Waals surface area contributed by atoms with Gasteiger partial charge in [0.1, 0.15) is 0 Å². The van der Waals surface area contributed by atoms with Crippen molar-refractivity contribution in [3.05, 3.63) is 34.9 Å². The van der Waals surface area contributed by atoms with Crippen LogP contribution < -0.4 is 5.32 Å². The number of aliphatic hydroxyl groups is 1. The van der Waals surface area contributed by atoms with Gasteiger partial charge in [0.15, 0.2) is 0 Å². The summed E-state index contributed by atoms with van der Waals surface area (Å²) in [4.78, 5) is 12.5. The molecule has 108 valence electrons. The first-order valence-electron chi connectivity index (χ1n) is 7.34. The number of aliphatic hydroxyl groups excluding tert-OH is 1. The van der Waals surface area contributed by atoms with Crippen LogP contribution in [0.15, 0.2) is 24.3 Å². The van der Waals surface area contributed by atoms with Crippen LogP contribution in [0.1, 0.15) is 37.7 Å². The molecule has 1 amide bonds. The van der Waals surface area contributed by atoms with E-state index in [2.05, 4.69) is 5.32 Å². The summed E-state index contributed by atoms with van der Waals surface area (Å²) in [7, 11) is 0. The van der Waals surface area contributed by atoms with Gasteiger partial charge in [-0.3, -0.25) is 4.79 Å². The van der Waals surface area contributed by atoms with Gasteiger partial charge in [-0.2, -0.15) is 0 Å². The number of rotatable bonds is 5. The minimum atomic E-state index is -0.436. The zero-order chi connectivity index (χ0) is 14.2. The Kier molecular flexibility index (Phi) is 3.74. The van der Waals surface area contributed by atoms with E-state index in [1.807, 2.05) is 24.3 Å². The van der Waals surface area contributed by atoms with Crippen LogP contribution in [-0.2, 0) is 10.2 Å². The first-order valence-corrected chi connectivity index (χ1v) is 7.72. The van der Waals surface area contributed by atoms with Crippen molar-refractivity contribution >= 4 is 17.5 Å². The van der Waals surface area contributed by atoms with Gasteiger partial charge in [0, 0.05) is 11.6 Å². The maximum absolute atomic E-state index is 12.5. The maximum atomic E-state index is 12.5. The molecule has 1 atom stereocenters. The second-order valence-electron chi connectivity index (χ2n) is 6.06. The topological polar surface area (TPSA) is 49.3 Å². The van der Waals surface area contributed by atoms with Gasteiger partial charge in [-0.15, -0.1) is 0 Å². The molecular formula is C16H20ClNO2. The van der Waals surface area contributed by atoms with Crippen LogP contribution in [0.25, 0.3) is 0 Å². The van der Waals surface area contributed by atoms with Crippen LogP contribution in [0, 0.1) is 5.92 Å². The van der Waals surface area contributed by atoms with Crippen molar-refractivity contribution in [2.24, 2.45) is 5.92 Å². The molecule has 1 aromatic carbocycles. The van der Waals surface area contributed by atoms with Gasteiger partial charge in [-0.25, -0.2) is 0 Å². The fraction of sp³-hybridized carbons (Fsp3) is 0.562. The number of carbonyl (C=O) groups excluding carboxylic acids is 1. The van der Waals surface area contributed by atoms with E-state index in [-0.39, 0.29) is 5.91 Å². The average molecular weight is 294 g/mol. The number of hydrogen-bond acceptors (Lipinski definition) is 2. The van der Waals surface area contributed by atoms with Crippen molar-refractivity contribution < 1.29 is 9.90 Å². The quantitative estimate of drug-likeness (QED) is 0.877. The highest BCUT2D eigenvalue weighted by atomic mass is 35.5. The molecule has 2 fully saturated rings. The van der Waals surface area contributed by atoms with Gasteiger partial charge in [0.05, 0.1) is 11.5 Å². The van der Waals surface area contributed by atoms with E-state index in [0.717, 1.165) is 37.7 Å².